The highest BCUT2D eigenvalue weighted by Gasteiger charge is 2.47. The minimum Gasteiger partial charge on any atom is -0.310 e. The third-order valence-corrected chi connectivity index (χ3v) is 20.7. The van der Waals surface area contributed by atoms with E-state index in [2.05, 4.69) is 177 Å². The van der Waals surface area contributed by atoms with E-state index < -0.39 is 143 Å². The van der Waals surface area contributed by atoms with Crippen LogP contribution in [-0.4, -0.2) is 15.8 Å². The number of benzene rings is 13. The Bertz CT molecular complexity index is 6590. The Kier molecular flexibility index (Phi) is 10.8. The van der Waals surface area contributed by atoms with Crippen molar-refractivity contribution in [3.8, 4) is 55.9 Å². The number of hydrogen-bond acceptors (Lipinski definition) is 2. The van der Waals surface area contributed by atoms with Crippen molar-refractivity contribution in [2.24, 2.45) is 0 Å². The molecule has 103 heavy (non-hydrogen) atoms. The second-order valence-electron chi connectivity index (χ2n) is 32.7. The molecule has 4 nitrogen and oxygen atoms in total. The Hall–Kier alpha value is -10.9. The van der Waals surface area contributed by atoms with E-state index in [4.69, 9.17) is 5.48 Å². The van der Waals surface area contributed by atoms with E-state index in [1.54, 1.807) is 0 Å². The molecule has 2 aromatic heterocycles. The maximum absolute atomic E-state index is 11.8. The SMILES string of the molecule is [2H]c1cc(-n2c3c([2H])c([2H])c([2H])c([2H])c3c3c([2H])c([2H])c([2H])c([2H])c32)c([2H])c2c1B1c3c(cc(C(C)(C)C)cc3N(c3c(-c4ccccc4)cc(C(C)(C)C)cc3-c3cccc(C(C)(C)C)c3)c3c([2H])c(-n4c5c([2H])c([2H])c([2H])c([2H])c5c5c([2H])c([2H])c([2H])c([2H])c54)cc([2H])c31)N2c1c(-c2ccccc2)cc(C(C)(C)C)cc1-c1cccc(C(C)(C)C)c1. The molecule has 0 N–H and O–H groups in total. The highest BCUT2D eigenvalue weighted by Crippen LogP contribution is 2.56. The molecular weight excluding hydrogens is 1240 g/mol. The van der Waals surface area contributed by atoms with Gasteiger partial charge in [0.2, 0.25) is 0 Å². The van der Waals surface area contributed by atoms with Crippen LogP contribution in [0.15, 0.2) is 279 Å². The van der Waals surface area contributed by atoms with Crippen LogP contribution in [0.3, 0.4) is 0 Å². The van der Waals surface area contributed by atoms with Crippen molar-refractivity contribution in [1.82, 2.24) is 9.13 Å². The fraction of sp³-hybridized carbons (Fsp3) is 0.204. The molecule has 0 radical (unpaired) electrons. The van der Waals surface area contributed by atoms with Gasteiger partial charge in [0.25, 0.3) is 6.71 Å². The summed E-state index contributed by atoms with van der Waals surface area (Å²) >= 11 is 0. The normalized spacial score (nSPS) is 16.0. The number of para-hydroxylation sites is 4. The lowest BCUT2D eigenvalue weighted by molar-refractivity contribution is 0.589. The molecule has 2 aliphatic heterocycles. The maximum atomic E-state index is 11.8. The van der Waals surface area contributed by atoms with Gasteiger partial charge in [-0.25, -0.2) is 0 Å². The topological polar surface area (TPSA) is 16.3 Å². The van der Waals surface area contributed by atoms with Crippen LogP contribution in [-0.2, 0) is 27.1 Å². The zero-order valence-corrected chi connectivity index (χ0v) is 60.9. The monoisotopic (exact) mass is 1350 g/mol. The number of anilines is 6. The number of aromatic nitrogens is 2. The van der Waals surface area contributed by atoms with Crippen molar-refractivity contribution >= 4 is 101 Å². The molecule has 0 atom stereocenters. The standard InChI is InChI=1S/C98H91BN4/c1-94(2,3)66-38-30-36-64(52-66)79-56-68(96(7,8)9)54-77(62-32-18-16-19-33-62)92(79)102-87-60-71(100-83-44-26-22-40-73(83)74-41-23-27-45-84(74)100)48-50-81(87)99-82-51-49-72(101-85-46-28-24-42-75(85)76-43-25-29-47-86(76)101)61-88(82)103(90-59-70(98(13,14)15)58-89(102)91(90)99)93-78(63-34-20-17-21-35-63)55-69(97(10,11)12)57-80(93)65-37-31-39-67(53-65)95(4,5)6/h16-61H,1-15H3/i22D,23D,24D,25D,26D,27D,28D,29D,40D,41D,42D,43D,44D,45D,46D,47D,50D,51D,60D,61D. The molecule has 0 saturated carbocycles. The zero-order chi connectivity index (χ0) is 88.8. The Morgan fingerprint density at radius 2 is 0.583 bits per heavy atom. The highest BCUT2D eigenvalue weighted by atomic mass is 15.2. The van der Waals surface area contributed by atoms with Crippen LogP contribution in [0, 0.1) is 0 Å². The van der Waals surface area contributed by atoms with Gasteiger partial charge in [0.15, 0.2) is 0 Å². The van der Waals surface area contributed by atoms with Crippen LogP contribution in [0.5, 0.6) is 0 Å². The molecule has 0 unspecified atom stereocenters. The first-order valence-electron chi connectivity index (χ1n) is 45.4. The number of fused-ring (bicyclic) bond motifs is 10. The number of nitrogens with zero attached hydrogens (tertiary/aromatic N) is 4. The van der Waals surface area contributed by atoms with Crippen molar-refractivity contribution < 1.29 is 27.4 Å². The summed E-state index contributed by atoms with van der Waals surface area (Å²) in [7, 11) is 0. The van der Waals surface area contributed by atoms with Crippen LogP contribution in [0.4, 0.5) is 34.1 Å². The molecule has 4 heterocycles. The van der Waals surface area contributed by atoms with Gasteiger partial charge in [-0.05, 0) is 178 Å². The van der Waals surface area contributed by atoms with Gasteiger partial charge in [-0.1, -0.05) is 298 Å². The van der Waals surface area contributed by atoms with Gasteiger partial charge >= 0.3 is 0 Å². The van der Waals surface area contributed by atoms with Crippen molar-refractivity contribution in [3.63, 3.8) is 0 Å². The fourth-order valence-corrected chi connectivity index (χ4v) is 15.1. The van der Waals surface area contributed by atoms with Crippen LogP contribution in [0.1, 0.15) is 159 Å². The lowest BCUT2D eigenvalue weighted by atomic mass is 9.33. The predicted octanol–water partition coefficient (Wildman–Crippen LogP) is 25.1. The molecule has 0 spiro atoms. The number of hydrogen-bond donors (Lipinski definition) is 0. The van der Waals surface area contributed by atoms with E-state index in [9.17, 15) is 21.9 Å². The van der Waals surface area contributed by atoms with Crippen molar-refractivity contribution in [3.05, 3.63) is 306 Å². The third kappa shape index (κ3) is 10.9. The number of rotatable bonds is 8. The van der Waals surface area contributed by atoms with E-state index >= 15 is 0 Å². The lowest BCUT2D eigenvalue weighted by Crippen LogP contribution is -2.61. The van der Waals surface area contributed by atoms with Crippen LogP contribution in [0.25, 0.3) is 99.5 Å². The van der Waals surface area contributed by atoms with Gasteiger partial charge in [-0.15, -0.1) is 0 Å². The molecular formula is C98H91BN4. The molecule has 5 heteroatoms. The summed E-state index contributed by atoms with van der Waals surface area (Å²) in [5.41, 5.74) is 8.61. The van der Waals surface area contributed by atoms with Gasteiger partial charge in [-0.2, -0.15) is 0 Å². The summed E-state index contributed by atoms with van der Waals surface area (Å²) in [6.07, 6.45) is 0. The van der Waals surface area contributed by atoms with Crippen molar-refractivity contribution in [2.45, 2.75) is 131 Å². The summed E-state index contributed by atoms with van der Waals surface area (Å²) in [5.74, 6) is 0. The minimum atomic E-state index is -1.40. The summed E-state index contributed by atoms with van der Waals surface area (Å²) in [4.78, 5) is 4.07. The summed E-state index contributed by atoms with van der Waals surface area (Å²) in [6, 6.07) is 40.3. The van der Waals surface area contributed by atoms with Gasteiger partial charge in [0, 0.05) is 77.9 Å². The fourth-order valence-electron chi connectivity index (χ4n) is 15.1. The molecule has 0 bridgehead atoms. The van der Waals surface area contributed by atoms with Gasteiger partial charge in [-0.3, -0.25) is 0 Å². The zero-order valence-electron chi connectivity index (χ0n) is 80.9. The minimum absolute atomic E-state index is 0.0144. The molecule has 0 aliphatic carbocycles. The Morgan fingerprint density at radius 3 is 0.913 bits per heavy atom. The van der Waals surface area contributed by atoms with E-state index in [0.717, 1.165) is 44.5 Å². The molecule has 13 aromatic carbocycles. The second kappa shape index (κ2) is 23.9. The largest absolute Gasteiger partial charge is 0.310 e. The Morgan fingerprint density at radius 1 is 0.282 bits per heavy atom. The lowest BCUT2D eigenvalue weighted by Gasteiger charge is -2.47. The summed E-state index contributed by atoms with van der Waals surface area (Å²) in [6.45, 7) is 30.6. The highest BCUT2D eigenvalue weighted by molar-refractivity contribution is 7.00. The molecule has 2 aliphatic rings. The van der Waals surface area contributed by atoms with Gasteiger partial charge in [0.1, 0.15) is 0 Å². The molecule has 0 amide bonds. The van der Waals surface area contributed by atoms with Crippen LogP contribution >= 0.6 is 0 Å². The molecule has 506 valence electrons. The smallest absolute Gasteiger partial charge is 0.252 e. The Balaban J connectivity index is 1.17. The van der Waals surface area contributed by atoms with Crippen LogP contribution < -0.4 is 26.2 Å². The van der Waals surface area contributed by atoms with Gasteiger partial charge < -0.3 is 18.9 Å². The Labute approximate surface area is 637 Å². The average molecular weight is 1360 g/mol. The van der Waals surface area contributed by atoms with E-state index in [0.29, 0.717) is 56.0 Å². The molecule has 0 fully saturated rings. The first-order chi connectivity index (χ1) is 57.6. The van der Waals surface area contributed by atoms with Crippen molar-refractivity contribution in [1.29, 1.82) is 0 Å². The second-order valence-corrected chi connectivity index (χ2v) is 32.7. The van der Waals surface area contributed by atoms with Crippen molar-refractivity contribution in [2.75, 3.05) is 9.80 Å². The molecule has 0 saturated heterocycles. The maximum Gasteiger partial charge on any atom is 0.252 e. The molecule has 17 rings (SSSR count). The quantitative estimate of drug-likeness (QED) is 0.141. The summed E-state index contributed by atoms with van der Waals surface area (Å²) in [5, 5.41) is -0.994. The first-order valence-corrected chi connectivity index (χ1v) is 35.4. The summed E-state index contributed by atoms with van der Waals surface area (Å²) < 4.78 is 202. The van der Waals surface area contributed by atoms with Gasteiger partial charge in [0.05, 0.1) is 60.9 Å². The third-order valence-electron chi connectivity index (χ3n) is 20.7. The van der Waals surface area contributed by atoms with E-state index in [1.807, 2.05) is 82.6 Å². The van der Waals surface area contributed by atoms with E-state index in [-0.39, 0.29) is 89.4 Å². The first kappa shape index (κ1) is 46.6. The predicted molar refractivity (Wildman–Crippen MR) is 444 cm³/mol. The molecule has 15 aromatic rings. The van der Waals surface area contributed by atoms with E-state index in [1.165, 1.54) is 21.3 Å². The average Bonchev–Trinajstić information content (AvgIpc) is 1.23. The van der Waals surface area contributed by atoms with Crippen LogP contribution in [0.2, 0.25) is 0 Å².